The highest BCUT2D eigenvalue weighted by atomic mass is 79.9. The lowest BCUT2D eigenvalue weighted by molar-refractivity contribution is -0.155. The molecule has 0 amide bonds. The number of halogens is 1. The summed E-state index contributed by atoms with van der Waals surface area (Å²) >= 11 is 3.44. The molecule has 19 heavy (non-hydrogen) atoms. The van der Waals surface area contributed by atoms with Crippen molar-refractivity contribution in [2.24, 2.45) is 0 Å². The molecule has 0 radical (unpaired) electrons. The third kappa shape index (κ3) is 3.30. The molecule has 104 valence electrons. The molecule has 1 aromatic rings. The summed E-state index contributed by atoms with van der Waals surface area (Å²) in [4.78, 5) is 0. The van der Waals surface area contributed by atoms with Crippen LogP contribution >= 0.6 is 15.9 Å². The molecule has 0 N–H and O–H groups in total. The summed E-state index contributed by atoms with van der Waals surface area (Å²) < 4.78 is 18.6. The Morgan fingerprint density at radius 2 is 1.84 bits per heavy atom. The zero-order valence-corrected chi connectivity index (χ0v) is 12.5. The van der Waals surface area contributed by atoms with Gasteiger partial charge in [-0.05, 0) is 37.1 Å². The second-order valence-corrected chi connectivity index (χ2v) is 6.25. The molecule has 3 rings (SSSR count). The predicted molar refractivity (Wildman–Crippen MR) is 76.5 cm³/mol. The van der Waals surface area contributed by atoms with Gasteiger partial charge in [0.05, 0.1) is 12.2 Å². The molecule has 2 heterocycles. The van der Waals surface area contributed by atoms with E-state index in [1.807, 2.05) is 24.3 Å². The molecule has 4 heteroatoms. The molecular formula is C15H19BrO3. The van der Waals surface area contributed by atoms with Crippen molar-refractivity contribution in [3.05, 3.63) is 28.7 Å². The van der Waals surface area contributed by atoms with Gasteiger partial charge in [0.25, 0.3) is 0 Å². The number of hydrogen-bond donors (Lipinski definition) is 0. The van der Waals surface area contributed by atoms with Crippen LogP contribution in [0.3, 0.4) is 0 Å². The van der Waals surface area contributed by atoms with Crippen LogP contribution in [0.25, 0.3) is 0 Å². The minimum Gasteiger partial charge on any atom is -0.490 e. The highest BCUT2D eigenvalue weighted by Crippen LogP contribution is 2.35. The molecule has 1 spiro atoms. The monoisotopic (exact) mass is 326 g/mol. The first-order chi connectivity index (χ1) is 9.26. The normalized spacial score (nSPS) is 26.3. The van der Waals surface area contributed by atoms with Crippen LogP contribution in [0.15, 0.2) is 28.7 Å². The number of rotatable bonds is 2. The summed E-state index contributed by atoms with van der Waals surface area (Å²) in [7, 11) is 0. The first-order valence-corrected chi connectivity index (χ1v) is 7.69. The minimum atomic E-state index is -0.00344. The molecule has 0 bridgehead atoms. The highest BCUT2D eigenvalue weighted by molar-refractivity contribution is 9.10. The second-order valence-electron chi connectivity index (χ2n) is 5.33. The fourth-order valence-electron chi connectivity index (χ4n) is 2.88. The zero-order chi connectivity index (χ0) is 13.1. The van der Waals surface area contributed by atoms with Crippen molar-refractivity contribution in [3.8, 4) is 5.75 Å². The largest absolute Gasteiger partial charge is 0.490 e. The van der Waals surface area contributed by atoms with Crippen molar-refractivity contribution in [3.63, 3.8) is 0 Å². The summed E-state index contributed by atoms with van der Waals surface area (Å²) in [5.74, 6) is 0.942. The van der Waals surface area contributed by atoms with Gasteiger partial charge in [-0.1, -0.05) is 15.9 Å². The third-order valence-electron chi connectivity index (χ3n) is 3.97. The van der Waals surface area contributed by atoms with E-state index < -0.39 is 0 Å². The Morgan fingerprint density at radius 3 is 2.58 bits per heavy atom. The summed E-state index contributed by atoms with van der Waals surface area (Å²) in [5.41, 5.74) is -0.00344. The van der Waals surface area contributed by atoms with Gasteiger partial charge < -0.3 is 14.2 Å². The van der Waals surface area contributed by atoms with Crippen molar-refractivity contribution >= 4 is 15.9 Å². The molecule has 0 saturated carbocycles. The zero-order valence-electron chi connectivity index (χ0n) is 10.9. The van der Waals surface area contributed by atoms with E-state index in [1.165, 1.54) is 0 Å². The molecule has 1 unspecified atom stereocenters. The van der Waals surface area contributed by atoms with Crippen LogP contribution in [0.1, 0.15) is 25.7 Å². The van der Waals surface area contributed by atoms with Gasteiger partial charge in [0.15, 0.2) is 0 Å². The summed E-state index contributed by atoms with van der Waals surface area (Å²) in [6.45, 7) is 2.41. The Labute approximate surface area is 122 Å². The Morgan fingerprint density at radius 1 is 1.11 bits per heavy atom. The molecule has 1 aromatic carbocycles. The van der Waals surface area contributed by atoms with Crippen molar-refractivity contribution in [1.29, 1.82) is 0 Å². The maximum absolute atomic E-state index is 6.10. The van der Waals surface area contributed by atoms with Crippen molar-refractivity contribution in [2.45, 2.75) is 37.4 Å². The van der Waals surface area contributed by atoms with Gasteiger partial charge in [-0.25, -0.2) is 0 Å². The van der Waals surface area contributed by atoms with E-state index in [0.717, 1.165) is 55.7 Å². The van der Waals surface area contributed by atoms with Crippen LogP contribution in [0.2, 0.25) is 0 Å². The van der Waals surface area contributed by atoms with Crippen molar-refractivity contribution in [1.82, 2.24) is 0 Å². The Balaban J connectivity index is 1.63. The van der Waals surface area contributed by atoms with Gasteiger partial charge >= 0.3 is 0 Å². The van der Waals surface area contributed by atoms with Crippen molar-refractivity contribution in [2.75, 3.05) is 19.8 Å². The van der Waals surface area contributed by atoms with E-state index in [-0.39, 0.29) is 11.7 Å². The van der Waals surface area contributed by atoms with Crippen LogP contribution < -0.4 is 4.74 Å². The number of benzene rings is 1. The van der Waals surface area contributed by atoms with E-state index in [2.05, 4.69) is 15.9 Å². The smallest absolute Gasteiger partial charge is 0.119 e. The molecule has 3 nitrogen and oxygen atoms in total. The number of hydrogen-bond acceptors (Lipinski definition) is 3. The number of ether oxygens (including phenoxy) is 3. The standard InChI is InChI=1S/C15H19BrO3/c16-12-1-3-13(4-2-12)19-14-5-8-18-15(11-14)6-9-17-10-7-15/h1-4,14H,5-11H2. The third-order valence-corrected chi connectivity index (χ3v) is 4.50. The minimum absolute atomic E-state index is 0.00344. The molecule has 1 atom stereocenters. The van der Waals surface area contributed by atoms with E-state index in [1.54, 1.807) is 0 Å². The van der Waals surface area contributed by atoms with Crippen molar-refractivity contribution < 1.29 is 14.2 Å². The van der Waals surface area contributed by atoms with Gasteiger partial charge in [-0.3, -0.25) is 0 Å². The van der Waals surface area contributed by atoms with Gasteiger partial charge in [0.1, 0.15) is 11.9 Å². The van der Waals surface area contributed by atoms with E-state index in [0.29, 0.717) is 0 Å². The fraction of sp³-hybridized carbons (Fsp3) is 0.600. The molecule has 0 aliphatic carbocycles. The average Bonchev–Trinajstić information content (AvgIpc) is 2.42. The van der Waals surface area contributed by atoms with Crippen LogP contribution in [-0.4, -0.2) is 31.5 Å². The SMILES string of the molecule is Brc1ccc(OC2CCOC3(CCOCC3)C2)cc1. The molecular weight excluding hydrogens is 308 g/mol. The molecule has 2 saturated heterocycles. The summed E-state index contributed by atoms with van der Waals surface area (Å²) in [5, 5.41) is 0. The van der Waals surface area contributed by atoms with Gasteiger partial charge in [-0.15, -0.1) is 0 Å². The van der Waals surface area contributed by atoms with E-state index >= 15 is 0 Å². The van der Waals surface area contributed by atoms with Crippen LogP contribution in [-0.2, 0) is 9.47 Å². The lowest BCUT2D eigenvalue weighted by Gasteiger charge is -2.43. The predicted octanol–water partition coefficient (Wildman–Crippen LogP) is 3.56. The molecule has 2 aliphatic rings. The van der Waals surface area contributed by atoms with Crippen LogP contribution in [0, 0.1) is 0 Å². The molecule has 0 aromatic heterocycles. The van der Waals surface area contributed by atoms with E-state index in [4.69, 9.17) is 14.2 Å². The quantitative estimate of drug-likeness (QED) is 0.831. The van der Waals surface area contributed by atoms with Crippen LogP contribution in [0.5, 0.6) is 5.75 Å². The Hall–Kier alpha value is -0.580. The van der Waals surface area contributed by atoms with E-state index in [9.17, 15) is 0 Å². The first kappa shape index (κ1) is 13.4. The highest BCUT2D eigenvalue weighted by Gasteiger charge is 2.39. The average molecular weight is 327 g/mol. The van der Waals surface area contributed by atoms with Gasteiger partial charge in [0.2, 0.25) is 0 Å². The molecule has 2 fully saturated rings. The lowest BCUT2D eigenvalue weighted by Crippen LogP contribution is -2.47. The molecule has 2 aliphatic heterocycles. The Bertz CT molecular complexity index is 406. The maximum Gasteiger partial charge on any atom is 0.119 e. The van der Waals surface area contributed by atoms with Gasteiger partial charge in [0, 0.05) is 30.5 Å². The first-order valence-electron chi connectivity index (χ1n) is 6.90. The maximum atomic E-state index is 6.10. The van der Waals surface area contributed by atoms with Gasteiger partial charge in [-0.2, -0.15) is 0 Å². The summed E-state index contributed by atoms with van der Waals surface area (Å²) in [6, 6.07) is 8.05. The second kappa shape index (κ2) is 5.81. The van der Waals surface area contributed by atoms with Crippen LogP contribution in [0.4, 0.5) is 0 Å². The topological polar surface area (TPSA) is 27.7 Å². The lowest BCUT2D eigenvalue weighted by atomic mass is 9.85. The Kier molecular flexibility index (Phi) is 4.10. The fourth-order valence-corrected chi connectivity index (χ4v) is 3.15. The summed E-state index contributed by atoms with van der Waals surface area (Å²) in [6.07, 6.45) is 4.19.